The van der Waals surface area contributed by atoms with Crippen molar-refractivity contribution in [2.75, 3.05) is 26.4 Å². The number of carbonyl (C=O) groups is 2. The summed E-state index contributed by atoms with van der Waals surface area (Å²) in [6.07, 6.45) is 32.5. The molecule has 15 heteroatoms. The lowest BCUT2D eigenvalue weighted by molar-refractivity contribution is -0.332. The lowest BCUT2D eigenvalue weighted by atomic mass is 9.98. The zero-order valence-corrected chi connectivity index (χ0v) is 43.4. The van der Waals surface area contributed by atoms with Gasteiger partial charge in [0.2, 0.25) is 0 Å². The number of hydrogen-bond donors (Lipinski definition) is 7. The number of unbranched alkanes of at least 4 members (excludes halogenated alkanes) is 18. The van der Waals surface area contributed by atoms with Crippen LogP contribution in [0.15, 0.2) is 60.8 Å². The van der Waals surface area contributed by atoms with E-state index in [1.807, 2.05) is 12.2 Å². The van der Waals surface area contributed by atoms with Crippen LogP contribution in [0.4, 0.5) is 0 Å². The number of hydrogen-bond acceptors (Lipinski definition) is 15. The maximum Gasteiger partial charge on any atom is 0.306 e. The molecule has 11 atom stereocenters. The average molecular weight is 1010 g/mol. The van der Waals surface area contributed by atoms with Gasteiger partial charge in [-0.3, -0.25) is 9.59 Å². The molecule has 7 N–H and O–H groups in total. The first kappa shape index (κ1) is 64.3. The van der Waals surface area contributed by atoms with Gasteiger partial charge in [-0.05, 0) is 51.4 Å². The van der Waals surface area contributed by atoms with E-state index in [1.165, 1.54) is 89.9 Å². The smallest absolute Gasteiger partial charge is 0.306 e. The van der Waals surface area contributed by atoms with Crippen molar-refractivity contribution in [1.82, 2.24) is 0 Å². The van der Waals surface area contributed by atoms with Crippen molar-refractivity contribution in [2.45, 2.75) is 255 Å². The standard InChI is InChI=1S/C56H96O15/c1-3-5-7-9-11-13-15-17-19-21-23-24-26-28-30-32-34-36-38-47(58)66-41-44(69-48(59)39-37-35-33-31-29-27-25-22-20-18-16-14-12-10-8-6-4-2)42-67-55-54(65)52(63)50(61)46(71-55)43-68-56-53(64)51(62)49(60)45(40-57)70-56/h6,8,12,14,18,20,25,27,31,33,44-46,49-57,60-65H,3-5,7,9-11,13,15-17,19,21-24,26,28-30,32,34-43H2,1-2H3/b8-6+,14-12+,20-18+,27-25+,33-31+/t44-,45+,46+,49-,50-,51?,52?,53?,54?,55+,56+/m0/s1. The molecular weight excluding hydrogens is 913 g/mol. The fourth-order valence-electron chi connectivity index (χ4n) is 8.31. The van der Waals surface area contributed by atoms with E-state index < -0.39 is 99.3 Å². The molecule has 2 saturated heterocycles. The monoisotopic (exact) mass is 1010 g/mol. The quantitative estimate of drug-likeness (QED) is 0.0173. The molecule has 2 rings (SSSR count). The summed E-state index contributed by atoms with van der Waals surface area (Å²) >= 11 is 0. The van der Waals surface area contributed by atoms with E-state index in [2.05, 4.69) is 62.5 Å². The Hall–Kier alpha value is -2.80. The van der Waals surface area contributed by atoms with Gasteiger partial charge in [0.25, 0.3) is 0 Å². The van der Waals surface area contributed by atoms with Crippen LogP contribution in [0.2, 0.25) is 0 Å². The SMILES string of the molecule is CC/C=C/C/C=C/C/C=C/C/C=C/C/C=C/CCCC(=O)O[C@@H](COC(=O)CCCCCCCCCCCCCCCCCCCC)CO[C@@H]1O[C@H](CO[C@@H]2O[C@H](CO)[C@H](O)C(O)C2O)[C@H](O)C(O)C1O. The third-order valence-corrected chi connectivity index (χ3v) is 12.8. The summed E-state index contributed by atoms with van der Waals surface area (Å²) in [6, 6.07) is 0. The van der Waals surface area contributed by atoms with Crippen molar-refractivity contribution in [3.05, 3.63) is 60.8 Å². The van der Waals surface area contributed by atoms with Gasteiger partial charge in [0, 0.05) is 12.8 Å². The second kappa shape index (κ2) is 42.5. The van der Waals surface area contributed by atoms with Gasteiger partial charge in [-0.1, -0.05) is 184 Å². The molecule has 0 aromatic heterocycles. The predicted octanol–water partition coefficient (Wildman–Crippen LogP) is 8.44. The number of ether oxygens (including phenoxy) is 6. The average Bonchev–Trinajstić information content (AvgIpc) is 3.36. The van der Waals surface area contributed by atoms with Gasteiger partial charge >= 0.3 is 11.9 Å². The molecule has 0 radical (unpaired) electrons. The molecule has 2 aliphatic heterocycles. The van der Waals surface area contributed by atoms with Gasteiger partial charge in [-0.15, -0.1) is 0 Å². The highest BCUT2D eigenvalue weighted by atomic mass is 16.7. The number of rotatable bonds is 42. The van der Waals surface area contributed by atoms with Crippen LogP contribution in [-0.2, 0) is 38.0 Å². The highest BCUT2D eigenvalue weighted by Crippen LogP contribution is 2.26. The Labute approximate surface area is 426 Å². The minimum absolute atomic E-state index is 0.0862. The van der Waals surface area contributed by atoms with Crippen LogP contribution >= 0.6 is 0 Å². The van der Waals surface area contributed by atoms with Crippen LogP contribution in [0, 0.1) is 0 Å². The van der Waals surface area contributed by atoms with Crippen LogP contribution < -0.4 is 0 Å². The molecule has 0 aromatic rings. The molecule has 15 nitrogen and oxygen atoms in total. The van der Waals surface area contributed by atoms with Crippen molar-refractivity contribution in [3.63, 3.8) is 0 Å². The van der Waals surface area contributed by atoms with Crippen LogP contribution in [0.1, 0.15) is 187 Å². The molecule has 0 spiro atoms. The number of esters is 2. The van der Waals surface area contributed by atoms with Gasteiger partial charge in [-0.25, -0.2) is 0 Å². The van der Waals surface area contributed by atoms with Crippen molar-refractivity contribution in [3.8, 4) is 0 Å². The van der Waals surface area contributed by atoms with E-state index >= 15 is 0 Å². The van der Waals surface area contributed by atoms with E-state index in [9.17, 15) is 45.3 Å². The molecule has 0 amide bonds. The zero-order valence-electron chi connectivity index (χ0n) is 43.4. The number of aliphatic hydroxyl groups excluding tert-OH is 7. The van der Waals surface area contributed by atoms with E-state index in [0.717, 1.165) is 51.4 Å². The van der Waals surface area contributed by atoms with Gasteiger partial charge in [-0.2, -0.15) is 0 Å². The van der Waals surface area contributed by atoms with E-state index in [0.29, 0.717) is 19.3 Å². The van der Waals surface area contributed by atoms with Crippen LogP contribution in [-0.4, -0.2) is 142 Å². The Balaban J connectivity index is 1.80. The highest BCUT2D eigenvalue weighted by molar-refractivity contribution is 5.70. The van der Waals surface area contributed by atoms with Gasteiger partial charge in [0.05, 0.1) is 19.8 Å². The molecule has 410 valence electrons. The largest absolute Gasteiger partial charge is 0.462 e. The minimum Gasteiger partial charge on any atom is -0.462 e. The summed E-state index contributed by atoms with van der Waals surface area (Å²) < 4.78 is 33.6. The molecule has 71 heavy (non-hydrogen) atoms. The minimum atomic E-state index is -1.78. The van der Waals surface area contributed by atoms with Crippen LogP contribution in [0.5, 0.6) is 0 Å². The maximum atomic E-state index is 13.0. The first-order chi connectivity index (χ1) is 34.5. The Bertz CT molecular complexity index is 1470. The molecule has 4 unspecified atom stereocenters. The normalized spacial score (nSPS) is 25.6. The van der Waals surface area contributed by atoms with Crippen molar-refractivity contribution < 1.29 is 73.8 Å². The Morgan fingerprint density at radius 1 is 0.465 bits per heavy atom. The summed E-state index contributed by atoms with van der Waals surface area (Å²) in [5.74, 6) is -0.990. The molecule has 2 aliphatic rings. The van der Waals surface area contributed by atoms with E-state index in [1.54, 1.807) is 0 Å². The lowest BCUT2D eigenvalue weighted by Gasteiger charge is -2.42. The predicted molar refractivity (Wildman–Crippen MR) is 275 cm³/mol. The first-order valence-corrected chi connectivity index (χ1v) is 27.4. The topological polar surface area (TPSA) is 231 Å². The number of aliphatic hydroxyl groups is 7. The van der Waals surface area contributed by atoms with Gasteiger partial charge < -0.3 is 64.2 Å². The second-order valence-electron chi connectivity index (χ2n) is 19.0. The Morgan fingerprint density at radius 2 is 0.887 bits per heavy atom. The van der Waals surface area contributed by atoms with Crippen LogP contribution in [0.3, 0.4) is 0 Å². The number of carbonyl (C=O) groups excluding carboxylic acids is 2. The maximum absolute atomic E-state index is 13.0. The summed E-state index contributed by atoms with van der Waals surface area (Å²) in [7, 11) is 0. The highest BCUT2D eigenvalue weighted by Gasteiger charge is 2.47. The molecular formula is C56H96O15. The summed E-state index contributed by atoms with van der Waals surface area (Å²) in [6.45, 7) is 2.43. The summed E-state index contributed by atoms with van der Waals surface area (Å²) in [4.78, 5) is 25.8. The van der Waals surface area contributed by atoms with E-state index in [4.69, 9.17) is 28.4 Å². The third-order valence-electron chi connectivity index (χ3n) is 12.8. The van der Waals surface area contributed by atoms with Gasteiger partial charge in [0.15, 0.2) is 18.7 Å². The first-order valence-electron chi connectivity index (χ1n) is 27.4. The van der Waals surface area contributed by atoms with E-state index in [-0.39, 0.29) is 19.4 Å². The second-order valence-corrected chi connectivity index (χ2v) is 19.0. The van der Waals surface area contributed by atoms with Crippen molar-refractivity contribution >= 4 is 11.9 Å². The Morgan fingerprint density at radius 3 is 1.38 bits per heavy atom. The fraction of sp³-hybridized carbons (Fsp3) is 0.786. The van der Waals surface area contributed by atoms with Crippen molar-refractivity contribution in [1.29, 1.82) is 0 Å². The summed E-state index contributed by atoms with van der Waals surface area (Å²) in [5.41, 5.74) is 0. The lowest BCUT2D eigenvalue weighted by Crippen LogP contribution is -2.61. The molecule has 2 heterocycles. The fourth-order valence-corrected chi connectivity index (χ4v) is 8.31. The van der Waals surface area contributed by atoms with Crippen LogP contribution in [0.25, 0.3) is 0 Å². The van der Waals surface area contributed by atoms with Crippen molar-refractivity contribution in [2.24, 2.45) is 0 Å². The molecule has 0 bridgehead atoms. The molecule has 0 saturated carbocycles. The third kappa shape index (κ3) is 30.2. The Kier molecular flexibility index (Phi) is 38.5. The summed E-state index contributed by atoms with van der Waals surface area (Å²) in [5, 5.41) is 72.2. The molecule has 0 aliphatic carbocycles. The molecule has 2 fully saturated rings. The number of allylic oxidation sites excluding steroid dienone is 10. The zero-order chi connectivity index (χ0) is 51.7. The van der Waals surface area contributed by atoms with Gasteiger partial charge in [0.1, 0.15) is 55.4 Å². The molecule has 0 aromatic carbocycles.